The molecule has 0 heterocycles. The highest BCUT2D eigenvalue weighted by molar-refractivity contribution is 7.97. The highest BCUT2D eigenvalue weighted by Crippen LogP contribution is 2.19. The standard InChI is InChI=1S/C12H12F3NO2S/c1-6(3-7(2)19-18)12(17)16-8-4-9(13)11(15)10(14)5-8/h3-6,18H,1-2H3,(H,16,17)/b7-3+. The number of carbonyl (C=O) groups excluding carboxylic acids is 1. The van der Waals surface area contributed by atoms with Crippen molar-refractivity contribution in [1.82, 2.24) is 0 Å². The van der Waals surface area contributed by atoms with Gasteiger partial charge < -0.3 is 9.87 Å². The minimum Gasteiger partial charge on any atom is -0.326 e. The average molecular weight is 291 g/mol. The van der Waals surface area contributed by atoms with Crippen LogP contribution in [0.1, 0.15) is 13.8 Å². The second kappa shape index (κ2) is 6.63. The maximum absolute atomic E-state index is 12.9. The van der Waals surface area contributed by atoms with Gasteiger partial charge in [0.2, 0.25) is 5.91 Å². The van der Waals surface area contributed by atoms with Gasteiger partial charge in [0.1, 0.15) is 0 Å². The zero-order valence-corrected chi connectivity index (χ0v) is 11.0. The molecule has 0 aliphatic carbocycles. The maximum Gasteiger partial charge on any atom is 0.231 e. The molecule has 1 atom stereocenters. The largest absolute Gasteiger partial charge is 0.326 e. The summed E-state index contributed by atoms with van der Waals surface area (Å²) in [5, 5.41) is 2.26. The van der Waals surface area contributed by atoms with Gasteiger partial charge in [0, 0.05) is 34.8 Å². The summed E-state index contributed by atoms with van der Waals surface area (Å²) in [6.07, 6.45) is 1.48. The van der Waals surface area contributed by atoms with Crippen molar-refractivity contribution in [1.29, 1.82) is 0 Å². The van der Waals surface area contributed by atoms with Crippen molar-refractivity contribution in [2.45, 2.75) is 13.8 Å². The summed E-state index contributed by atoms with van der Waals surface area (Å²) in [7, 11) is 0. The van der Waals surface area contributed by atoms with Gasteiger partial charge in [-0.15, -0.1) is 0 Å². The molecule has 1 aromatic carbocycles. The van der Waals surface area contributed by atoms with E-state index < -0.39 is 29.3 Å². The van der Waals surface area contributed by atoms with E-state index in [9.17, 15) is 18.0 Å². The molecule has 7 heteroatoms. The first-order valence-electron chi connectivity index (χ1n) is 5.30. The first-order valence-corrected chi connectivity index (χ1v) is 6.07. The lowest BCUT2D eigenvalue weighted by Crippen LogP contribution is -2.19. The van der Waals surface area contributed by atoms with Crippen LogP contribution in [0.25, 0.3) is 0 Å². The summed E-state index contributed by atoms with van der Waals surface area (Å²) in [6.45, 7) is 3.15. The molecule has 0 aliphatic heterocycles. The van der Waals surface area contributed by atoms with Crippen molar-refractivity contribution in [3.8, 4) is 0 Å². The minimum atomic E-state index is -1.58. The number of rotatable bonds is 4. The summed E-state index contributed by atoms with van der Waals surface area (Å²) in [4.78, 5) is 12.2. The second-order valence-electron chi connectivity index (χ2n) is 3.90. The average Bonchev–Trinajstić information content (AvgIpc) is 2.35. The topological polar surface area (TPSA) is 49.3 Å². The first-order chi connectivity index (χ1) is 8.85. The lowest BCUT2D eigenvalue weighted by atomic mass is 10.1. The molecule has 0 spiro atoms. The molecule has 2 N–H and O–H groups in total. The number of hydrogen-bond acceptors (Lipinski definition) is 3. The first kappa shape index (κ1) is 15.6. The van der Waals surface area contributed by atoms with E-state index in [1.165, 1.54) is 6.08 Å². The molecule has 1 aromatic rings. The Bertz CT molecular complexity index is 497. The molecule has 0 bridgehead atoms. The van der Waals surface area contributed by atoms with Crippen LogP contribution in [-0.4, -0.2) is 10.5 Å². The van der Waals surface area contributed by atoms with Crippen molar-refractivity contribution in [2.75, 3.05) is 5.32 Å². The van der Waals surface area contributed by atoms with E-state index in [0.717, 1.165) is 0 Å². The molecule has 0 fully saturated rings. The number of halogens is 3. The number of benzene rings is 1. The zero-order chi connectivity index (χ0) is 14.6. The van der Waals surface area contributed by atoms with Crippen LogP contribution in [0.5, 0.6) is 0 Å². The van der Waals surface area contributed by atoms with E-state index in [4.69, 9.17) is 4.55 Å². The molecule has 0 radical (unpaired) electrons. The fourth-order valence-corrected chi connectivity index (χ4v) is 1.61. The molecule has 19 heavy (non-hydrogen) atoms. The Morgan fingerprint density at radius 1 is 1.37 bits per heavy atom. The van der Waals surface area contributed by atoms with Crippen LogP contribution in [0.4, 0.5) is 18.9 Å². The van der Waals surface area contributed by atoms with Gasteiger partial charge in [-0.05, 0) is 6.92 Å². The molecule has 0 saturated heterocycles. The SMILES string of the molecule is C/C(=C\C(C)C(=O)Nc1cc(F)c(F)c(F)c1)SO. The van der Waals surface area contributed by atoms with Gasteiger partial charge in [0.25, 0.3) is 0 Å². The van der Waals surface area contributed by atoms with E-state index in [1.54, 1.807) is 13.8 Å². The molecular formula is C12H12F3NO2S. The van der Waals surface area contributed by atoms with Crippen LogP contribution in [0.3, 0.4) is 0 Å². The third-order valence-corrected chi connectivity index (χ3v) is 2.72. The molecule has 3 nitrogen and oxygen atoms in total. The lowest BCUT2D eigenvalue weighted by Gasteiger charge is -2.10. The van der Waals surface area contributed by atoms with Gasteiger partial charge in [-0.2, -0.15) is 0 Å². The van der Waals surface area contributed by atoms with Gasteiger partial charge in [0.05, 0.1) is 5.92 Å². The van der Waals surface area contributed by atoms with Crippen LogP contribution in [0, 0.1) is 23.4 Å². The summed E-state index contributed by atoms with van der Waals surface area (Å²) in [6, 6.07) is 1.39. The molecule has 1 amide bonds. The number of nitrogens with one attached hydrogen (secondary N) is 1. The smallest absolute Gasteiger partial charge is 0.231 e. The Kier molecular flexibility index (Phi) is 5.44. The molecule has 0 aromatic heterocycles. The van der Waals surface area contributed by atoms with Gasteiger partial charge >= 0.3 is 0 Å². The zero-order valence-electron chi connectivity index (χ0n) is 10.2. The lowest BCUT2D eigenvalue weighted by molar-refractivity contribution is -0.118. The van der Waals surface area contributed by atoms with Gasteiger partial charge in [-0.3, -0.25) is 4.79 Å². The Morgan fingerprint density at radius 3 is 2.37 bits per heavy atom. The van der Waals surface area contributed by atoms with E-state index in [-0.39, 0.29) is 5.69 Å². The van der Waals surface area contributed by atoms with Crippen LogP contribution in [0.15, 0.2) is 23.1 Å². The minimum absolute atomic E-state index is 0.170. The van der Waals surface area contributed by atoms with Gasteiger partial charge in [0.15, 0.2) is 17.5 Å². The molecule has 1 rings (SSSR count). The summed E-state index contributed by atoms with van der Waals surface area (Å²) < 4.78 is 47.3. The van der Waals surface area contributed by atoms with Crippen LogP contribution in [-0.2, 0) is 4.79 Å². The normalized spacial score (nSPS) is 13.3. The third kappa shape index (κ3) is 4.29. The Labute approximate surface area is 112 Å². The Morgan fingerprint density at radius 2 is 1.89 bits per heavy atom. The maximum atomic E-state index is 12.9. The third-order valence-electron chi connectivity index (χ3n) is 2.29. The van der Waals surface area contributed by atoms with Crippen molar-refractivity contribution >= 4 is 23.6 Å². The van der Waals surface area contributed by atoms with E-state index in [1.807, 2.05) is 0 Å². The Hall–Kier alpha value is -1.47. The predicted octanol–water partition coefficient (Wildman–Crippen LogP) is 3.79. The van der Waals surface area contributed by atoms with E-state index in [2.05, 4.69) is 5.32 Å². The van der Waals surface area contributed by atoms with E-state index in [0.29, 0.717) is 29.1 Å². The molecule has 104 valence electrons. The highest BCUT2D eigenvalue weighted by Gasteiger charge is 2.15. The quantitative estimate of drug-likeness (QED) is 0.655. The molecule has 0 saturated carbocycles. The van der Waals surface area contributed by atoms with Crippen LogP contribution >= 0.6 is 12.0 Å². The Balaban J connectivity index is 2.83. The van der Waals surface area contributed by atoms with Crippen molar-refractivity contribution < 1.29 is 22.5 Å². The van der Waals surface area contributed by atoms with Crippen molar-refractivity contribution in [2.24, 2.45) is 5.92 Å². The number of hydrogen-bond donors (Lipinski definition) is 2. The van der Waals surface area contributed by atoms with E-state index >= 15 is 0 Å². The number of carbonyl (C=O) groups is 1. The molecule has 1 unspecified atom stereocenters. The van der Waals surface area contributed by atoms with Gasteiger partial charge in [-0.1, -0.05) is 13.0 Å². The van der Waals surface area contributed by atoms with Crippen molar-refractivity contribution in [3.05, 3.63) is 40.6 Å². The summed E-state index contributed by atoms with van der Waals surface area (Å²) in [5.41, 5.74) is -0.170. The van der Waals surface area contributed by atoms with Crippen LogP contribution < -0.4 is 5.32 Å². The fourth-order valence-electron chi connectivity index (χ4n) is 1.34. The monoisotopic (exact) mass is 291 g/mol. The number of allylic oxidation sites excluding steroid dienone is 1. The number of anilines is 1. The number of amides is 1. The second-order valence-corrected chi connectivity index (χ2v) is 4.73. The molecular weight excluding hydrogens is 279 g/mol. The molecule has 0 aliphatic rings. The van der Waals surface area contributed by atoms with Gasteiger partial charge in [-0.25, -0.2) is 13.2 Å². The predicted molar refractivity (Wildman–Crippen MR) is 68.1 cm³/mol. The highest BCUT2D eigenvalue weighted by atomic mass is 32.2. The van der Waals surface area contributed by atoms with Crippen molar-refractivity contribution in [3.63, 3.8) is 0 Å². The van der Waals surface area contributed by atoms with Crippen LogP contribution in [0.2, 0.25) is 0 Å². The summed E-state index contributed by atoms with van der Waals surface area (Å²) in [5.74, 6) is -5.48. The fraction of sp³-hybridized carbons (Fsp3) is 0.250. The summed E-state index contributed by atoms with van der Waals surface area (Å²) >= 11 is 0.495.